The van der Waals surface area contributed by atoms with Crippen LogP contribution in [0.25, 0.3) is 10.9 Å². The minimum Gasteiger partial charge on any atom is -0.493 e. The van der Waals surface area contributed by atoms with Crippen LogP contribution in [0.1, 0.15) is 20.3 Å². The number of aromatic nitrogens is 1. The van der Waals surface area contributed by atoms with Crippen molar-refractivity contribution in [3.05, 3.63) is 30.5 Å². The van der Waals surface area contributed by atoms with Gasteiger partial charge < -0.3 is 9.30 Å². The van der Waals surface area contributed by atoms with E-state index in [0.717, 1.165) is 25.3 Å². The minimum absolute atomic E-state index is 0.720. The zero-order chi connectivity index (χ0) is 10.7. The first-order valence-corrected chi connectivity index (χ1v) is 5.57. The Bertz CT molecular complexity index is 445. The molecule has 1 heterocycles. The van der Waals surface area contributed by atoms with E-state index in [1.807, 2.05) is 13.0 Å². The largest absolute Gasteiger partial charge is 0.493 e. The molecule has 80 valence electrons. The highest BCUT2D eigenvalue weighted by Gasteiger charge is 2.04. The van der Waals surface area contributed by atoms with Gasteiger partial charge in [0.25, 0.3) is 0 Å². The van der Waals surface area contributed by atoms with E-state index in [4.69, 9.17) is 4.74 Å². The summed E-state index contributed by atoms with van der Waals surface area (Å²) < 4.78 is 7.87. The smallest absolute Gasteiger partial charge is 0.128 e. The molecule has 0 radical (unpaired) electrons. The van der Waals surface area contributed by atoms with Gasteiger partial charge >= 0.3 is 0 Å². The molecule has 1 aromatic carbocycles. The molecule has 2 nitrogen and oxygen atoms in total. The molecular formula is C13H17NO. The van der Waals surface area contributed by atoms with E-state index in [0.29, 0.717) is 0 Å². The summed E-state index contributed by atoms with van der Waals surface area (Å²) in [7, 11) is 0. The highest BCUT2D eigenvalue weighted by molar-refractivity contribution is 5.86. The standard InChI is InChI=1S/C13H17NO/c1-3-9-14-10-8-11-12(14)6-5-7-13(11)15-4-2/h5-8,10H,3-4,9H2,1-2H3. The lowest BCUT2D eigenvalue weighted by molar-refractivity contribution is 0.344. The summed E-state index contributed by atoms with van der Waals surface area (Å²) in [6, 6.07) is 8.37. The van der Waals surface area contributed by atoms with Crippen LogP contribution in [0.15, 0.2) is 30.5 Å². The van der Waals surface area contributed by atoms with Crippen molar-refractivity contribution in [2.24, 2.45) is 0 Å². The molecule has 0 unspecified atom stereocenters. The Kier molecular flexibility index (Phi) is 2.95. The van der Waals surface area contributed by atoms with Gasteiger partial charge in [0.1, 0.15) is 5.75 Å². The topological polar surface area (TPSA) is 14.2 Å². The van der Waals surface area contributed by atoms with Crippen molar-refractivity contribution in [1.82, 2.24) is 4.57 Å². The number of ether oxygens (including phenoxy) is 1. The van der Waals surface area contributed by atoms with E-state index in [-0.39, 0.29) is 0 Å². The molecular weight excluding hydrogens is 186 g/mol. The second kappa shape index (κ2) is 4.39. The van der Waals surface area contributed by atoms with Gasteiger partial charge in [-0.25, -0.2) is 0 Å². The first kappa shape index (κ1) is 10.1. The highest BCUT2D eigenvalue weighted by Crippen LogP contribution is 2.26. The third-order valence-electron chi connectivity index (χ3n) is 2.54. The van der Waals surface area contributed by atoms with Crippen LogP contribution in [-0.4, -0.2) is 11.2 Å². The lowest BCUT2D eigenvalue weighted by atomic mass is 10.2. The summed E-state index contributed by atoms with van der Waals surface area (Å²) in [6.07, 6.45) is 3.29. The van der Waals surface area contributed by atoms with E-state index < -0.39 is 0 Å². The van der Waals surface area contributed by atoms with E-state index in [1.54, 1.807) is 0 Å². The molecule has 2 rings (SSSR count). The third kappa shape index (κ3) is 1.84. The maximum absolute atomic E-state index is 5.60. The number of fused-ring (bicyclic) bond motifs is 1. The van der Waals surface area contributed by atoms with Crippen LogP contribution >= 0.6 is 0 Å². The fourth-order valence-electron chi connectivity index (χ4n) is 1.91. The van der Waals surface area contributed by atoms with Crippen LogP contribution < -0.4 is 4.74 Å². The van der Waals surface area contributed by atoms with Crippen molar-refractivity contribution in [3.63, 3.8) is 0 Å². The summed E-state index contributed by atoms with van der Waals surface area (Å²) in [5, 5.41) is 1.22. The van der Waals surface area contributed by atoms with Crippen molar-refractivity contribution >= 4 is 10.9 Å². The normalized spacial score (nSPS) is 10.8. The van der Waals surface area contributed by atoms with Crippen molar-refractivity contribution in [2.75, 3.05) is 6.61 Å². The van der Waals surface area contributed by atoms with Gasteiger partial charge in [0.2, 0.25) is 0 Å². The molecule has 0 N–H and O–H groups in total. The Balaban J connectivity index is 2.48. The van der Waals surface area contributed by atoms with Crippen LogP contribution in [0.2, 0.25) is 0 Å². The zero-order valence-electron chi connectivity index (χ0n) is 9.36. The van der Waals surface area contributed by atoms with Crippen molar-refractivity contribution in [3.8, 4) is 5.75 Å². The number of hydrogen-bond donors (Lipinski definition) is 0. The first-order valence-electron chi connectivity index (χ1n) is 5.57. The Morgan fingerprint density at radius 1 is 1.20 bits per heavy atom. The molecule has 0 aliphatic carbocycles. The first-order chi connectivity index (χ1) is 7.36. The quantitative estimate of drug-likeness (QED) is 0.742. The number of nitrogens with zero attached hydrogens (tertiary/aromatic N) is 1. The van der Waals surface area contributed by atoms with Crippen molar-refractivity contribution in [2.45, 2.75) is 26.8 Å². The molecule has 0 atom stereocenters. The SMILES string of the molecule is CCCn1ccc2c(OCC)cccc21. The zero-order valence-corrected chi connectivity index (χ0v) is 9.36. The van der Waals surface area contributed by atoms with E-state index >= 15 is 0 Å². The fraction of sp³-hybridized carbons (Fsp3) is 0.385. The molecule has 2 heteroatoms. The molecule has 0 saturated carbocycles. The van der Waals surface area contributed by atoms with Crippen molar-refractivity contribution in [1.29, 1.82) is 0 Å². The molecule has 0 bridgehead atoms. The van der Waals surface area contributed by atoms with Gasteiger partial charge in [0.05, 0.1) is 12.1 Å². The lowest BCUT2D eigenvalue weighted by Crippen LogP contribution is -1.95. The van der Waals surface area contributed by atoms with E-state index in [1.165, 1.54) is 10.9 Å². The highest BCUT2D eigenvalue weighted by atomic mass is 16.5. The molecule has 2 aromatic rings. The predicted octanol–water partition coefficient (Wildman–Crippen LogP) is 3.45. The molecule has 0 fully saturated rings. The maximum atomic E-state index is 5.60. The van der Waals surface area contributed by atoms with Gasteiger partial charge in [-0.15, -0.1) is 0 Å². The van der Waals surface area contributed by atoms with Gasteiger partial charge in [0.15, 0.2) is 0 Å². The molecule has 0 spiro atoms. The van der Waals surface area contributed by atoms with Crippen LogP contribution in [0.5, 0.6) is 5.75 Å². The molecule has 1 aromatic heterocycles. The fourth-order valence-corrected chi connectivity index (χ4v) is 1.91. The van der Waals surface area contributed by atoms with Gasteiger partial charge in [-0.1, -0.05) is 13.0 Å². The number of benzene rings is 1. The van der Waals surface area contributed by atoms with Gasteiger partial charge in [-0.3, -0.25) is 0 Å². The van der Waals surface area contributed by atoms with E-state index in [2.05, 4.69) is 35.9 Å². The summed E-state index contributed by atoms with van der Waals surface area (Å²) in [4.78, 5) is 0. The van der Waals surface area contributed by atoms with Gasteiger partial charge in [-0.2, -0.15) is 0 Å². The van der Waals surface area contributed by atoms with E-state index in [9.17, 15) is 0 Å². The molecule has 0 saturated heterocycles. The average molecular weight is 203 g/mol. The van der Waals surface area contributed by atoms with Crippen LogP contribution in [0.3, 0.4) is 0 Å². The second-order valence-electron chi connectivity index (χ2n) is 3.63. The van der Waals surface area contributed by atoms with Gasteiger partial charge in [0, 0.05) is 18.1 Å². The maximum Gasteiger partial charge on any atom is 0.128 e. The van der Waals surface area contributed by atoms with Crippen LogP contribution in [0, 0.1) is 0 Å². The average Bonchev–Trinajstić information content (AvgIpc) is 2.64. The third-order valence-corrected chi connectivity index (χ3v) is 2.54. The number of aryl methyl sites for hydroxylation is 1. The molecule has 0 aliphatic heterocycles. The Morgan fingerprint density at radius 2 is 2.07 bits per heavy atom. The Labute approximate surface area is 90.5 Å². The molecule has 15 heavy (non-hydrogen) atoms. The van der Waals surface area contributed by atoms with Gasteiger partial charge in [-0.05, 0) is 31.5 Å². The summed E-state index contributed by atoms with van der Waals surface area (Å²) in [5.41, 5.74) is 1.27. The molecule has 0 aliphatic rings. The lowest BCUT2D eigenvalue weighted by Gasteiger charge is -2.06. The minimum atomic E-state index is 0.720. The summed E-state index contributed by atoms with van der Waals surface area (Å²) >= 11 is 0. The Hall–Kier alpha value is -1.44. The number of hydrogen-bond acceptors (Lipinski definition) is 1. The number of rotatable bonds is 4. The van der Waals surface area contributed by atoms with Crippen LogP contribution in [0.4, 0.5) is 0 Å². The summed E-state index contributed by atoms with van der Waals surface area (Å²) in [6.45, 7) is 6.00. The van der Waals surface area contributed by atoms with Crippen LogP contribution in [-0.2, 0) is 6.54 Å². The monoisotopic (exact) mass is 203 g/mol. The second-order valence-corrected chi connectivity index (χ2v) is 3.63. The molecule has 0 amide bonds. The Morgan fingerprint density at radius 3 is 2.80 bits per heavy atom. The predicted molar refractivity (Wildman–Crippen MR) is 63.4 cm³/mol. The summed E-state index contributed by atoms with van der Waals surface area (Å²) in [5.74, 6) is 0.991. The van der Waals surface area contributed by atoms with Crippen molar-refractivity contribution < 1.29 is 4.74 Å².